The van der Waals surface area contributed by atoms with Gasteiger partial charge in [0.05, 0.1) is 13.1 Å². The Morgan fingerprint density at radius 1 is 1.00 bits per heavy atom. The molecule has 33 heavy (non-hydrogen) atoms. The number of amides is 1. The van der Waals surface area contributed by atoms with Crippen molar-refractivity contribution in [2.45, 2.75) is 19.1 Å². The van der Waals surface area contributed by atoms with Gasteiger partial charge in [-0.2, -0.15) is 13.2 Å². The van der Waals surface area contributed by atoms with E-state index in [0.717, 1.165) is 43.3 Å². The Morgan fingerprint density at radius 3 is 2.27 bits per heavy atom. The van der Waals surface area contributed by atoms with Crippen molar-refractivity contribution in [1.82, 2.24) is 9.80 Å². The highest BCUT2D eigenvalue weighted by atomic mass is 19.4. The minimum absolute atomic E-state index is 0.00137. The molecule has 2 aromatic rings. The maximum Gasteiger partial charge on any atom is 0.401 e. The van der Waals surface area contributed by atoms with Gasteiger partial charge in [-0.25, -0.2) is 0 Å². The fourth-order valence-electron chi connectivity index (χ4n) is 3.93. The predicted octanol–water partition coefficient (Wildman–Crippen LogP) is 3.19. The Morgan fingerprint density at radius 2 is 1.67 bits per heavy atom. The molecule has 1 aliphatic heterocycles. The first-order valence-corrected chi connectivity index (χ1v) is 11.1. The van der Waals surface area contributed by atoms with Crippen molar-refractivity contribution in [3.8, 4) is 0 Å². The summed E-state index contributed by atoms with van der Waals surface area (Å²) in [5.41, 5.74) is 2.89. The van der Waals surface area contributed by atoms with Crippen molar-refractivity contribution in [2.75, 3.05) is 62.6 Å². The Kier molecular flexibility index (Phi) is 9.11. The Balaban J connectivity index is 1.47. The molecule has 2 N–H and O–H groups in total. The monoisotopic (exact) mass is 464 g/mol. The number of nitrogens with zero attached hydrogens (tertiary/aromatic N) is 3. The molecule has 6 nitrogen and oxygen atoms in total. The molecule has 180 valence electrons. The molecule has 0 aromatic heterocycles. The molecule has 0 radical (unpaired) electrons. The van der Waals surface area contributed by atoms with Gasteiger partial charge in [0.15, 0.2) is 0 Å². The number of halogens is 3. The van der Waals surface area contributed by atoms with Gasteiger partial charge in [0.2, 0.25) is 5.91 Å². The minimum atomic E-state index is -4.40. The number of hydrogen-bond donors (Lipinski definition) is 2. The van der Waals surface area contributed by atoms with Crippen molar-refractivity contribution in [2.24, 2.45) is 0 Å². The van der Waals surface area contributed by atoms with Crippen molar-refractivity contribution >= 4 is 17.3 Å². The van der Waals surface area contributed by atoms with Crippen molar-refractivity contribution in [3.05, 3.63) is 60.2 Å². The van der Waals surface area contributed by atoms with E-state index >= 15 is 0 Å². The standard InChI is InChI=1S/C24H31F3N4O2/c25-24(26,27)19-30(11-4-16-32)18-23(33)28-21-7-9-22(10-8-21)31-14-12-29(13-15-31)17-20-5-2-1-3-6-20/h1-3,5-10,32H,4,11-19H2,(H,28,33). The van der Waals surface area contributed by atoms with Gasteiger partial charge >= 0.3 is 6.18 Å². The summed E-state index contributed by atoms with van der Waals surface area (Å²) in [6.45, 7) is 2.85. The van der Waals surface area contributed by atoms with E-state index in [1.807, 2.05) is 18.2 Å². The van der Waals surface area contributed by atoms with Crippen LogP contribution in [0.3, 0.4) is 0 Å². The average molecular weight is 465 g/mol. The van der Waals surface area contributed by atoms with Gasteiger partial charge in [0, 0.05) is 57.3 Å². The minimum Gasteiger partial charge on any atom is -0.396 e. The van der Waals surface area contributed by atoms with Crippen LogP contribution in [-0.4, -0.2) is 79.4 Å². The maximum atomic E-state index is 12.7. The van der Waals surface area contributed by atoms with E-state index in [2.05, 4.69) is 39.4 Å². The van der Waals surface area contributed by atoms with E-state index in [9.17, 15) is 18.0 Å². The summed E-state index contributed by atoms with van der Waals surface area (Å²) in [5.74, 6) is -0.514. The van der Waals surface area contributed by atoms with Crippen LogP contribution in [0.2, 0.25) is 0 Å². The maximum absolute atomic E-state index is 12.7. The van der Waals surface area contributed by atoms with Gasteiger partial charge in [-0.3, -0.25) is 14.6 Å². The molecule has 0 unspecified atom stereocenters. The third kappa shape index (κ3) is 8.68. The number of anilines is 2. The van der Waals surface area contributed by atoms with Crippen LogP contribution < -0.4 is 10.2 Å². The third-order valence-electron chi connectivity index (χ3n) is 5.54. The summed E-state index contributed by atoms with van der Waals surface area (Å²) in [7, 11) is 0. The van der Waals surface area contributed by atoms with Crippen LogP contribution >= 0.6 is 0 Å². The molecule has 0 saturated carbocycles. The average Bonchev–Trinajstić information content (AvgIpc) is 2.78. The molecule has 0 atom stereocenters. The van der Waals surface area contributed by atoms with Crippen molar-refractivity contribution < 1.29 is 23.1 Å². The van der Waals surface area contributed by atoms with Crippen LogP contribution in [0.15, 0.2) is 54.6 Å². The molecule has 0 spiro atoms. The van der Waals surface area contributed by atoms with E-state index in [1.165, 1.54) is 5.56 Å². The SMILES string of the molecule is O=C(CN(CCCO)CC(F)(F)F)Nc1ccc(N2CCN(Cc3ccccc3)CC2)cc1. The Hall–Kier alpha value is -2.62. The lowest BCUT2D eigenvalue weighted by Crippen LogP contribution is -2.45. The second-order valence-corrected chi connectivity index (χ2v) is 8.25. The molecule has 1 amide bonds. The zero-order chi connectivity index (χ0) is 23.7. The van der Waals surface area contributed by atoms with Crippen LogP contribution in [0.4, 0.5) is 24.5 Å². The number of carbonyl (C=O) groups excluding carboxylic acids is 1. The molecule has 2 aromatic carbocycles. The number of hydrogen-bond acceptors (Lipinski definition) is 5. The number of nitrogens with one attached hydrogen (secondary N) is 1. The summed E-state index contributed by atoms with van der Waals surface area (Å²) in [4.78, 5) is 17.9. The highest BCUT2D eigenvalue weighted by Crippen LogP contribution is 2.21. The summed E-state index contributed by atoms with van der Waals surface area (Å²) < 4.78 is 38.2. The highest BCUT2D eigenvalue weighted by molar-refractivity contribution is 5.92. The molecule has 1 heterocycles. The van der Waals surface area contributed by atoms with E-state index in [1.54, 1.807) is 12.1 Å². The van der Waals surface area contributed by atoms with E-state index in [-0.39, 0.29) is 26.1 Å². The lowest BCUT2D eigenvalue weighted by Gasteiger charge is -2.36. The molecule has 0 bridgehead atoms. The van der Waals surface area contributed by atoms with Crippen LogP contribution in [0.1, 0.15) is 12.0 Å². The number of benzene rings is 2. The van der Waals surface area contributed by atoms with Crippen LogP contribution in [0.25, 0.3) is 0 Å². The van der Waals surface area contributed by atoms with Gasteiger partial charge in [-0.15, -0.1) is 0 Å². The van der Waals surface area contributed by atoms with E-state index < -0.39 is 18.6 Å². The van der Waals surface area contributed by atoms with Gasteiger partial charge in [0.25, 0.3) is 0 Å². The van der Waals surface area contributed by atoms with Crippen LogP contribution in [0.5, 0.6) is 0 Å². The summed E-state index contributed by atoms with van der Waals surface area (Å²) in [6, 6.07) is 17.8. The van der Waals surface area contributed by atoms with Gasteiger partial charge in [-0.1, -0.05) is 30.3 Å². The molecule has 9 heteroatoms. The largest absolute Gasteiger partial charge is 0.401 e. The topological polar surface area (TPSA) is 59.1 Å². The number of aliphatic hydroxyl groups is 1. The first kappa shape index (κ1) is 25.0. The van der Waals surface area contributed by atoms with E-state index in [0.29, 0.717) is 5.69 Å². The zero-order valence-corrected chi connectivity index (χ0v) is 18.6. The smallest absolute Gasteiger partial charge is 0.396 e. The zero-order valence-electron chi connectivity index (χ0n) is 18.6. The molecular weight excluding hydrogens is 433 g/mol. The number of aliphatic hydroxyl groups excluding tert-OH is 1. The van der Waals surface area contributed by atoms with Crippen molar-refractivity contribution in [1.29, 1.82) is 0 Å². The lowest BCUT2D eigenvalue weighted by atomic mass is 10.2. The third-order valence-corrected chi connectivity index (χ3v) is 5.54. The summed E-state index contributed by atoms with van der Waals surface area (Å²) in [6.07, 6.45) is -4.22. The first-order valence-electron chi connectivity index (χ1n) is 11.1. The molecule has 1 aliphatic rings. The summed E-state index contributed by atoms with van der Waals surface area (Å²) >= 11 is 0. The lowest BCUT2D eigenvalue weighted by molar-refractivity contribution is -0.148. The highest BCUT2D eigenvalue weighted by Gasteiger charge is 2.31. The molecule has 1 saturated heterocycles. The Bertz CT molecular complexity index is 854. The van der Waals surface area contributed by atoms with Gasteiger partial charge < -0.3 is 15.3 Å². The number of carbonyl (C=O) groups is 1. The first-order chi connectivity index (χ1) is 15.8. The van der Waals surface area contributed by atoms with Crippen LogP contribution in [0, 0.1) is 0 Å². The summed E-state index contributed by atoms with van der Waals surface area (Å²) in [5, 5.41) is 11.5. The van der Waals surface area contributed by atoms with Crippen molar-refractivity contribution in [3.63, 3.8) is 0 Å². The predicted molar refractivity (Wildman–Crippen MR) is 123 cm³/mol. The van der Waals surface area contributed by atoms with Gasteiger partial charge in [-0.05, 0) is 36.2 Å². The molecule has 3 rings (SSSR count). The Labute approximate surface area is 192 Å². The molecule has 1 fully saturated rings. The second-order valence-electron chi connectivity index (χ2n) is 8.25. The number of alkyl halides is 3. The van der Waals surface area contributed by atoms with Crippen LogP contribution in [-0.2, 0) is 11.3 Å². The quantitative estimate of drug-likeness (QED) is 0.566. The number of rotatable bonds is 10. The van der Waals surface area contributed by atoms with E-state index in [4.69, 9.17) is 5.11 Å². The molecular formula is C24H31F3N4O2. The fourth-order valence-corrected chi connectivity index (χ4v) is 3.93. The normalized spacial score (nSPS) is 15.1. The second kappa shape index (κ2) is 12.0. The van der Waals surface area contributed by atoms with Gasteiger partial charge in [0.1, 0.15) is 0 Å². The fraction of sp³-hybridized carbons (Fsp3) is 0.458. The number of piperazine rings is 1. The molecule has 0 aliphatic carbocycles.